The lowest BCUT2D eigenvalue weighted by Gasteiger charge is -2.15. The maximum atomic E-state index is 11.8. The summed E-state index contributed by atoms with van der Waals surface area (Å²) in [4.78, 5) is 23.5. The molecule has 0 amide bonds. The van der Waals surface area contributed by atoms with E-state index in [1.165, 1.54) is 6.26 Å². The molecule has 8 heteroatoms. The van der Waals surface area contributed by atoms with Gasteiger partial charge in [0.25, 0.3) is 0 Å². The van der Waals surface area contributed by atoms with Crippen molar-refractivity contribution in [1.82, 2.24) is 5.32 Å². The fraction of sp³-hybridized carbons (Fsp3) is 0.500. The fourth-order valence-electron chi connectivity index (χ4n) is 1.33. The molecular formula is C12H18N2O6. The minimum absolute atomic E-state index is 0.00159. The lowest BCUT2D eigenvalue weighted by atomic mass is 10.3. The third-order valence-electron chi connectivity index (χ3n) is 2.23. The van der Waals surface area contributed by atoms with Crippen LogP contribution in [0.2, 0.25) is 0 Å². The molecule has 0 saturated heterocycles. The lowest BCUT2D eigenvalue weighted by Crippen LogP contribution is -2.46. The van der Waals surface area contributed by atoms with E-state index in [2.05, 4.69) is 5.32 Å². The van der Waals surface area contributed by atoms with Crippen LogP contribution < -0.4 is 11.1 Å². The number of rotatable bonds is 9. The Labute approximate surface area is 115 Å². The third-order valence-corrected chi connectivity index (χ3v) is 2.23. The molecule has 20 heavy (non-hydrogen) atoms. The van der Waals surface area contributed by atoms with Gasteiger partial charge in [0.05, 0.1) is 12.9 Å². The Kier molecular flexibility index (Phi) is 7.33. The summed E-state index contributed by atoms with van der Waals surface area (Å²) in [5.41, 5.74) is 5.21. The molecule has 0 saturated carbocycles. The highest BCUT2D eigenvalue weighted by Crippen LogP contribution is 2.03. The molecule has 0 aromatic carbocycles. The highest BCUT2D eigenvalue weighted by Gasteiger charge is 2.29. The van der Waals surface area contributed by atoms with Gasteiger partial charge in [-0.3, -0.25) is 5.32 Å². The summed E-state index contributed by atoms with van der Waals surface area (Å²) in [7, 11) is 0. The number of ether oxygens (including phenoxy) is 2. The SMILES string of the molecule is NCCOC(=O)C(NCCO)C(=O)OCc1ccco1. The zero-order valence-corrected chi connectivity index (χ0v) is 10.9. The number of furan rings is 1. The van der Waals surface area contributed by atoms with Crippen LogP contribution >= 0.6 is 0 Å². The molecule has 1 rings (SSSR count). The minimum atomic E-state index is -1.30. The van der Waals surface area contributed by atoms with Crippen molar-refractivity contribution in [1.29, 1.82) is 0 Å². The van der Waals surface area contributed by atoms with Crippen LogP contribution in [0.15, 0.2) is 22.8 Å². The molecule has 4 N–H and O–H groups in total. The van der Waals surface area contributed by atoms with Gasteiger partial charge < -0.3 is 24.7 Å². The maximum Gasteiger partial charge on any atom is 0.335 e. The number of carbonyl (C=O) groups excluding carboxylic acids is 2. The second kappa shape index (κ2) is 9.08. The summed E-state index contributed by atoms with van der Waals surface area (Å²) in [6, 6.07) is 1.99. The van der Waals surface area contributed by atoms with Gasteiger partial charge in [-0.25, -0.2) is 9.59 Å². The molecule has 1 unspecified atom stereocenters. The summed E-state index contributed by atoms with van der Waals surface area (Å²) in [5.74, 6) is -1.15. The van der Waals surface area contributed by atoms with Gasteiger partial charge in [0.2, 0.25) is 6.04 Å². The predicted octanol–water partition coefficient (Wildman–Crippen LogP) is -1.22. The molecule has 1 aromatic rings. The van der Waals surface area contributed by atoms with E-state index in [0.717, 1.165) is 0 Å². The molecule has 0 aliphatic rings. The summed E-state index contributed by atoms with van der Waals surface area (Å²) in [6.07, 6.45) is 1.44. The standard InChI is InChI=1S/C12H18N2O6/c13-3-7-19-11(16)10(14-4-5-15)12(17)20-8-9-2-1-6-18-9/h1-2,6,10,14-15H,3-5,7-8,13H2. The van der Waals surface area contributed by atoms with Gasteiger partial charge in [0.15, 0.2) is 0 Å². The van der Waals surface area contributed by atoms with Crippen molar-refractivity contribution in [3.05, 3.63) is 24.2 Å². The normalized spacial score (nSPS) is 11.9. The molecule has 0 bridgehead atoms. The number of hydrogen-bond donors (Lipinski definition) is 3. The van der Waals surface area contributed by atoms with E-state index in [9.17, 15) is 9.59 Å². The average molecular weight is 286 g/mol. The molecule has 0 spiro atoms. The number of esters is 2. The summed E-state index contributed by atoms with van der Waals surface area (Å²) < 4.78 is 14.7. The first kappa shape index (κ1) is 16.2. The van der Waals surface area contributed by atoms with E-state index in [1.807, 2.05) is 0 Å². The number of aliphatic hydroxyl groups is 1. The van der Waals surface area contributed by atoms with Crippen molar-refractivity contribution in [2.75, 3.05) is 26.3 Å². The van der Waals surface area contributed by atoms with Gasteiger partial charge in [-0.05, 0) is 12.1 Å². The molecule has 112 valence electrons. The summed E-state index contributed by atoms with van der Waals surface area (Å²) in [6.45, 7) is -0.112. The van der Waals surface area contributed by atoms with Crippen LogP contribution in [0.4, 0.5) is 0 Å². The Bertz CT molecular complexity index is 406. The maximum absolute atomic E-state index is 11.8. The number of nitrogens with one attached hydrogen (secondary N) is 1. The monoisotopic (exact) mass is 286 g/mol. The van der Waals surface area contributed by atoms with E-state index in [-0.39, 0.29) is 32.9 Å². The zero-order valence-electron chi connectivity index (χ0n) is 10.9. The van der Waals surface area contributed by atoms with Crippen molar-refractivity contribution < 1.29 is 28.6 Å². The van der Waals surface area contributed by atoms with Crippen LogP contribution in [0.25, 0.3) is 0 Å². The third kappa shape index (κ3) is 5.39. The van der Waals surface area contributed by atoms with Crippen LogP contribution in [0.3, 0.4) is 0 Å². The van der Waals surface area contributed by atoms with Crippen LogP contribution in [-0.4, -0.2) is 49.4 Å². The molecule has 0 aliphatic heterocycles. The van der Waals surface area contributed by atoms with Crippen LogP contribution in [0.5, 0.6) is 0 Å². The molecule has 0 fully saturated rings. The smallest absolute Gasteiger partial charge is 0.335 e. The number of carbonyl (C=O) groups is 2. The molecule has 0 radical (unpaired) electrons. The number of nitrogens with two attached hydrogens (primary N) is 1. The van der Waals surface area contributed by atoms with Gasteiger partial charge in [-0.2, -0.15) is 0 Å². The van der Waals surface area contributed by atoms with Crippen molar-refractivity contribution in [3.63, 3.8) is 0 Å². The first-order chi connectivity index (χ1) is 9.69. The predicted molar refractivity (Wildman–Crippen MR) is 67.4 cm³/mol. The lowest BCUT2D eigenvalue weighted by molar-refractivity contribution is -0.159. The van der Waals surface area contributed by atoms with Crippen LogP contribution in [0, 0.1) is 0 Å². The first-order valence-electron chi connectivity index (χ1n) is 6.09. The Morgan fingerprint density at radius 1 is 1.40 bits per heavy atom. The Hall–Kier alpha value is -1.90. The van der Waals surface area contributed by atoms with Gasteiger partial charge in [0.1, 0.15) is 19.0 Å². The van der Waals surface area contributed by atoms with Gasteiger partial charge in [-0.15, -0.1) is 0 Å². The van der Waals surface area contributed by atoms with E-state index < -0.39 is 18.0 Å². The summed E-state index contributed by atoms with van der Waals surface area (Å²) in [5, 5.41) is 11.3. The highest BCUT2D eigenvalue weighted by atomic mass is 16.6. The van der Waals surface area contributed by atoms with E-state index >= 15 is 0 Å². The first-order valence-corrected chi connectivity index (χ1v) is 6.09. The van der Waals surface area contributed by atoms with Gasteiger partial charge in [-0.1, -0.05) is 0 Å². The quantitative estimate of drug-likeness (QED) is 0.381. The Balaban J connectivity index is 2.51. The van der Waals surface area contributed by atoms with E-state index in [0.29, 0.717) is 5.76 Å². The molecule has 1 atom stereocenters. The average Bonchev–Trinajstić information content (AvgIpc) is 2.96. The van der Waals surface area contributed by atoms with E-state index in [4.69, 9.17) is 24.7 Å². The minimum Gasteiger partial charge on any atom is -0.466 e. The van der Waals surface area contributed by atoms with Crippen molar-refractivity contribution in [2.24, 2.45) is 5.73 Å². The summed E-state index contributed by atoms with van der Waals surface area (Å²) >= 11 is 0. The van der Waals surface area contributed by atoms with Gasteiger partial charge in [0, 0.05) is 13.1 Å². The molecule has 1 heterocycles. The van der Waals surface area contributed by atoms with Crippen molar-refractivity contribution in [2.45, 2.75) is 12.6 Å². The Morgan fingerprint density at radius 2 is 2.15 bits per heavy atom. The van der Waals surface area contributed by atoms with Crippen LogP contribution in [0.1, 0.15) is 5.76 Å². The molecule has 8 nitrogen and oxygen atoms in total. The second-order valence-corrected chi connectivity index (χ2v) is 3.75. The molecule has 0 aliphatic carbocycles. The molecular weight excluding hydrogens is 268 g/mol. The topological polar surface area (TPSA) is 124 Å². The Morgan fingerprint density at radius 3 is 2.75 bits per heavy atom. The van der Waals surface area contributed by atoms with E-state index in [1.54, 1.807) is 12.1 Å². The van der Waals surface area contributed by atoms with Gasteiger partial charge >= 0.3 is 11.9 Å². The number of hydrogen-bond acceptors (Lipinski definition) is 8. The number of aliphatic hydroxyl groups excluding tert-OH is 1. The van der Waals surface area contributed by atoms with Crippen LogP contribution in [-0.2, 0) is 25.7 Å². The molecule has 1 aromatic heterocycles. The van der Waals surface area contributed by atoms with Crippen molar-refractivity contribution in [3.8, 4) is 0 Å². The zero-order chi connectivity index (χ0) is 14.8. The largest absolute Gasteiger partial charge is 0.466 e. The second-order valence-electron chi connectivity index (χ2n) is 3.75. The van der Waals surface area contributed by atoms with Crippen molar-refractivity contribution >= 4 is 11.9 Å². The highest BCUT2D eigenvalue weighted by molar-refractivity contribution is 5.99. The fourth-order valence-corrected chi connectivity index (χ4v) is 1.33.